The SMILES string of the molecule is CC(C)C1(c2ccccc2)N=C(N)N(C)C1=O. The van der Waals surface area contributed by atoms with E-state index in [0.717, 1.165) is 5.56 Å². The molecule has 1 aliphatic heterocycles. The minimum atomic E-state index is -0.861. The van der Waals surface area contributed by atoms with Crippen molar-refractivity contribution in [3.8, 4) is 0 Å². The molecule has 0 saturated heterocycles. The summed E-state index contributed by atoms with van der Waals surface area (Å²) in [7, 11) is 1.66. The molecule has 17 heavy (non-hydrogen) atoms. The van der Waals surface area contributed by atoms with Crippen molar-refractivity contribution >= 4 is 11.9 Å². The predicted octanol–water partition coefficient (Wildman–Crippen LogP) is 1.32. The molecule has 1 heterocycles. The second kappa shape index (κ2) is 3.87. The first-order valence-electron chi connectivity index (χ1n) is 5.69. The van der Waals surface area contributed by atoms with Gasteiger partial charge in [0.05, 0.1) is 0 Å². The van der Waals surface area contributed by atoms with Crippen LogP contribution in [0, 0.1) is 5.92 Å². The van der Waals surface area contributed by atoms with Crippen molar-refractivity contribution in [3.63, 3.8) is 0 Å². The average molecular weight is 231 g/mol. The number of nitrogens with zero attached hydrogens (tertiary/aromatic N) is 2. The van der Waals surface area contributed by atoms with E-state index in [2.05, 4.69) is 4.99 Å². The molecule has 0 fully saturated rings. The Hall–Kier alpha value is -1.84. The topological polar surface area (TPSA) is 58.7 Å². The highest BCUT2D eigenvalue weighted by molar-refractivity contribution is 6.07. The van der Waals surface area contributed by atoms with Crippen LogP contribution in [0.15, 0.2) is 35.3 Å². The Morgan fingerprint density at radius 1 is 1.29 bits per heavy atom. The molecule has 0 spiro atoms. The highest BCUT2D eigenvalue weighted by atomic mass is 16.2. The van der Waals surface area contributed by atoms with Crippen molar-refractivity contribution in [1.82, 2.24) is 4.90 Å². The fourth-order valence-corrected chi connectivity index (χ4v) is 2.25. The van der Waals surface area contributed by atoms with Gasteiger partial charge in [-0.2, -0.15) is 0 Å². The Balaban J connectivity index is 2.61. The molecule has 1 aromatic rings. The third-order valence-corrected chi connectivity index (χ3v) is 3.31. The van der Waals surface area contributed by atoms with Crippen LogP contribution in [-0.4, -0.2) is 23.8 Å². The number of hydrogen-bond donors (Lipinski definition) is 1. The Morgan fingerprint density at radius 3 is 2.29 bits per heavy atom. The summed E-state index contributed by atoms with van der Waals surface area (Å²) in [4.78, 5) is 18.3. The van der Waals surface area contributed by atoms with E-state index in [4.69, 9.17) is 5.73 Å². The maximum Gasteiger partial charge on any atom is 0.261 e. The summed E-state index contributed by atoms with van der Waals surface area (Å²) in [5.74, 6) is 0.282. The fourth-order valence-electron chi connectivity index (χ4n) is 2.25. The number of amides is 1. The maximum atomic E-state index is 12.4. The summed E-state index contributed by atoms with van der Waals surface area (Å²) in [6.07, 6.45) is 0. The van der Waals surface area contributed by atoms with Crippen LogP contribution in [0.25, 0.3) is 0 Å². The number of hydrogen-bond acceptors (Lipinski definition) is 3. The molecule has 0 radical (unpaired) electrons. The van der Waals surface area contributed by atoms with Gasteiger partial charge >= 0.3 is 0 Å². The third-order valence-electron chi connectivity index (χ3n) is 3.31. The van der Waals surface area contributed by atoms with Crippen LogP contribution in [0.4, 0.5) is 0 Å². The van der Waals surface area contributed by atoms with E-state index in [0.29, 0.717) is 0 Å². The standard InChI is InChI=1S/C13H17N3O/c1-9(2)13(10-7-5-4-6-8-10)11(17)16(3)12(14)15-13/h4-9H,1-3H3,(H2,14,15). The molecule has 0 bridgehead atoms. The van der Waals surface area contributed by atoms with Crippen molar-refractivity contribution < 1.29 is 4.79 Å². The quantitative estimate of drug-likeness (QED) is 0.834. The lowest BCUT2D eigenvalue weighted by Gasteiger charge is -2.29. The Morgan fingerprint density at radius 2 is 1.88 bits per heavy atom. The van der Waals surface area contributed by atoms with Crippen LogP contribution in [0.3, 0.4) is 0 Å². The lowest BCUT2D eigenvalue weighted by atomic mass is 9.80. The highest BCUT2D eigenvalue weighted by Crippen LogP contribution is 2.38. The van der Waals surface area contributed by atoms with E-state index in [-0.39, 0.29) is 17.8 Å². The molecule has 1 amide bonds. The summed E-state index contributed by atoms with van der Waals surface area (Å²) in [6.45, 7) is 3.97. The largest absolute Gasteiger partial charge is 0.369 e. The van der Waals surface area contributed by atoms with Crippen LogP contribution in [-0.2, 0) is 10.3 Å². The van der Waals surface area contributed by atoms with Gasteiger partial charge in [0.2, 0.25) is 0 Å². The average Bonchev–Trinajstić information content (AvgIpc) is 2.56. The van der Waals surface area contributed by atoms with Gasteiger partial charge in [-0.3, -0.25) is 9.69 Å². The molecule has 0 aromatic heterocycles. The molecule has 0 aliphatic carbocycles. The number of rotatable bonds is 2. The van der Waals surface area contributed by atoms with Crippen molar-refractivity contribution in [3.05, 3.63) is 35.9 Å². The summed E-state index contributed by atoms with van der Waals surface area (Å²) in [6, 6.07) is 9.60. The van der Waals surface area contributed by atoms with Crippen LogP contribution in [0.2, 0.25) is 0 Å². The van der Waals surface area contributed by atoms with Crippen molar-refractivity contribution in [2.75, 3.05) is 7.05 Å². The summed E-state index contributed by atoms with van der Waals surface area (Å²) in [5.41, 5.74) is 5.81. The van der Waals surface area contributed by atoms with E-state index >= 15 is 0 Å². The van der Waals surface area contributed by atoms with Gasteiger partial charge in [-0.1, -0.05) is 44.2 Å². The van der Waals surface area contributed by atoms with Crippen molar-refractivity contribution in [2.45, 2.75) is 19.4 Å². The van der Waals surface area contributed by atoms with Crippen molar-refractivity contribution in [2.24, 2.45) is 16.6 Å². The molecule has 4 heteroatoms. The highest BCUT2D eigenvalue weighted by Gasteiger charge is 2.50. The zero-order valence-corrected chi connectivity index (χ0v) is 10.3. The van der Waals surface area contributed by atoms with Crippen LogP contribution in [0.5, 0.6) is 0 Å². The second-order valence-corrected chi connectivity index (χ2v) is 4.62. The minimum absolute atomic E-state index is 0.0564. The van der Waals surface area contributed by atoms with Crippen LogP contribution < -0.4 is 5.73 Å². The van der Waals surface area contributed by atoms with Gasteiger partial charge in [0, 0.05) is 7.05 Å². The molecule has 4 nitrogen and oxygen atoms in total. The van der Waals surface area contributed by atoms with E-state index in [9.17, 15) is 4.79 Å². The molecule has 2 rings (SSSR count). The molecule has 90 valence electrons. The summed E-state index contributed by atoms with van der Waals surface area (Å²) in [5, 5.41) is 0. The second-order valence-electron chi connectivity index (χ2n) is 4.62. The molecule has 1 unspecified atom stereocenters. The number of carbonyl (C=O) groups excluding carboxylic acids is 1. The zero-order valence-electron chi connectivity index (χ0n) is 10.3. The Labute approximate surface area is 101 Å². The van der Waals surface area contributed by atoms with Gasteiger partial charge < -0.3 is 5.73 Å². The van der Waals surface area contributed by atoms with E-state index in [1.54, 1.807) is 7.05 Å². The van der Waals surface area contributed by atoms with E-state index in [1.165, 1.54) is 4.90 Å². The van der Waals surface area contributed by atoms with Crippen LogP contribution in [0.1, 0.15) is 19.4 Å². The first-order valence-corrected chi connectivity index (χ1v) is 5.69. The molecule has 1 atom stereocenters. The molecule has 0 saturated carbocycles. The molecule has 2 N–H and O–H groups in total. The van der Waals surface area contributed by atoms with Gasteiger partial charge in [0.1, 0.15) is 0 Å². The van der Waals surface area contributed by atoms with Gasteiger partial charge in [-0.25, -0.2) is 4.99 Å². The molecule has 1 aromatic carbocycles. The van der Waals surface area contributed by atoms with E-state index in [1.807, 2.05) is 44.2 Å². The monoisotopic (exact) mass is 231 g/mol. The molecule has 1 aliphatic rings. The van der Waals surface area contributed by atoms with Gasteiger partial charge in [0.25, 0.3) is 5.91 Å². The summed E-state index contributed by atoms with van der Waals surface area (Å²) >= 11 is 0. The van der Waals surface area contributed by atoms with Crippen molar-refractivity contribution in [1.29, 1.82) is 0 Å². The molecular formula is C13H17N3O. The lowest BCUT2D eigenvalue weighted by molar-refractivity contribution is -0.132. The number of likely N-dealkylation sites (N-methyl/N-ethyl adjacent to an activating group) is 1. The molecular weight excluding hydrogens is 214 g/mol. The van der Waals surface area contributed by atoms with Gasteiger partial charge in [-0.15, -0.1) is 0 Å². The van der Waals surface area contributed by atoms with Gasteiger partial charge in [0.15, 0.2) is 11.5 Å². The minimum Gasteiger partial charge on any atom is -0.369 e. The lowest BCUT2D eigenvalue weighted by Crippen LogP contribution is -2.43. The zero-order chi connectivity index (χ0) is 12.6. The number of nitrogens with two attached hydrogens (primary N) is 1. The Bertz CT molecular complexity index is 467. The number of guanidine groups is 1. The predicted molar refractivity (Wildman–Crippen MR) is 67.4 cm³/mol. The maximum absolute atomic E-state index is 12.4. The normalized spacial score (nSPS) is 24.4. The van der Waals surface area contributed by atoms with Crippen LogP contribution >= 0.6 is 0 Å². The number of benzene rings is 1. The first kappa shape index (κ1) is 11.6. The number of carbonyl (C=O) groups is 1. The smallest absolute Gasteiger partial charge is 0.261 e. The van der Waals surface area contributed by atoms with Gasteiger partial charge in [-0.05, 0) is 11.5 Å². The van der Waals surface area contributed by atoms with E-state index < -0.39 is 5.54 Å². The summed E-state index contributed by atoms with van der Waals surface area (Å²) < 4.78 is 0. The fraction of sp³-hybridized carbons (Fsp3) is 0.385. The number of aliphatic imine (C=N–C) groups is 1. The third kappa shape index (κ3) is 1.52. The Kier molecular flexibility index (Phi) is 2.65. The first-order chi connectivity index (χ1) is 8.00.